The Bertz CT molecular complexity index is 510. The number of aryl methyl sites for hydroxylation is 1. The van der Waals surface area contributed by atoms with Crippen molar-refractivity contribution in [1.29, 1.82) is 0 Å². The first-order chi connectivity index (χ1) is 7.58. The van der Waals surface area contributed by atoms with Gasteiger partial charge < -0.3 is 5.73 Å². The minimum atomic E-state index is -0.460. The van der Waals surface area contributed by atoms with Gasteiger partial charge in [0.2, 0.25) is 0 Å². The summed E-state index contributed by atoms with van der Waals surface area (Å²) in [6, 6.07) is 4.17. The molecule has 2 aromatic rings. The number of hydrogen-bond acceptors (Lipinski definition) is 2. The maximum atomic E-state index is 13.3. The van der Waals surface area contributed by atoms with Crippen LogP contribution >= 0.6 is 11.6 Å². The Morgan fingerprint density at radius 3 is 2.75 bits per heavy atom. The predicted molar refractivity (Wildman–Crippen MR) is 60.6 cm³/mol. The van der Waals surface area contributed by atoms with Crippen LogP contribution in [-0.4, -0.2) is 9.78 Å². The lowest BCUT2D eigenvalue weighted by Crippen LogP contribution is -2.11. The monoisotopic (exact) mass is 239 g/mol. The molecule has 0 bridgehead atoms. The molecule has 0 aliphatic rings. The van der Waals surface area contributed by atoms with Gasteiger partial charge in [-0.3, -0.25) is 4.68 Å². The van der Waals surface area contributed by atoms with Gasteiger partial charge in [0.25, 0.3) is 0 Å². The Balaban J connectivity index is 2.33. The summed E-state index contributed by atoms with van der Waals surface area (Å²) >= 11 is 5.60. The summed E-state index contributed by atoms with van der Waals surface area (Å²) < 4.78 is 14.9. The third-order valence-electron chi connectivity index (χ3n) is 2.39. The Hall–Kier alpha value is -1.39. The normalized spacial score (nSPS) is 12.8. The number of benzene rings is 1. The van der Waals surface area contributed by atoms with Crippen LogP contribution in [0.25, 0.3) is 0 Å². The largest absolute Gasteiger partial charge is 0.320 e. The summed E-state index contributed by atoms with van der Waals surface area (Å²) in [4.78, 5) is 0. The van der Waals surface area contributed by atoms with E-state index in [-0.39, 0.29) is 11.1 Å². The number of nitrogens with two attached hydrogens (primary N) is 1. The molecule has 1 atom stereocenters. The minimum absolute atomic E-state index is 0.0992. The van der Waals surface area contributed by atoms with Crippen LogP contribution in [0.4, 0.5) is 4.39 Å². The van der Waals surface area contributed by atoms with Crippen molar-refractivity contribution in [3.8, 4) is 0 Å². The first-order valence-electron chi connectivity index (χ1n) is 4.77. The average molecular weight is 240 g/mol. The summed E-state index contributed by atoms with van der Waals surface area (Å²) in [7, 11) is 1.80. The maximum absolute atomic E-state index is 13.3. The van der Waals surface area contributed by atoms with Crippen LogP contribution in [-0.2, 0) is 7.05 Å². The molecule has 0 spiro atoms. The SMILES string of the molecule is Cn1cc([C@H](N)c2ccc(Cl)c(F)c2)cn1. The highest BCUT2D eigenvalue weighted by atomic mass is 35.5. The zero-order chi connectivity index (χ0) is 11.7. The number of hydrogen-bond donors (Lipinski definition) is 1. The second-order valence-electron chi connectivity index (χ2n) is 3.60. The van der Waals surface area contributed by atoms with Gasteiger partial charge in [0.15, 0.2) is 0 Å². The molecule has 0 aliphatic heterocycles. The molecule has 1 aromatic heterocycles. The van der Waals surface area contributed by atoms with Crippen molar-refractivity contribution in [3.05, 3.63) is 52.6 Å². The molecule has 0 aliphatic carbocycles. The molecular weight excluding hydrogens is 229 g/mol. The summed E-state index contributed by atoms with van der Waals surface area (Å²) in [6.45, 7) is 0. The average Bonchev–Trinajstić information content (AvgIpc) is 2.68. The van der Waals surface area contributed by atoms with Crippen molar-refractivity contribution in [2.24, 2.45) is 12.8 Å². The summed E-state index contributed by atoms with van der Waals surface area (Å²) in [6.07, 6.45) is 3.47. The first-order valence-corrected chi connectivity index (χ1v) is 5.15. The van der Waals surface area contributed by atoms with E-state index >= 15 is 0 Å². The van der Waals surface area contributed by atoms with E-state index in [2.05, 4.69) is 5.10 Å². The van der Waals surface area contributed by atoms with Crippen molar-refractivity contribution < 1.29 is 4.39 Å². The van der Waals surface area contributed by atoms with Crippen LogP contribution in [0.5, 0.6) is 0 Å². The molecule has 84 valence electrons. The number of rotatable bonds is 2. The summed E-state index contributed by atoms with van der Waals surface area (Å²) in [5.74, 6) is -0.460. The van der Waals surface area contributed by atoms with E-state index in [0.29, 0.717) is 5.56 Å². The van der Waals surface area contributed by atoms with Crippen LogP contribution in [0.2, 0.25) is 5.02 Å². The van der Waals surface area contributed by atoms with E-state index in [1.54, 1.807) is 30.2 Å². The third kappa shape index (κ3) is 2.08. The van der Waals surface area contributed by atoms with Crippen LogP contribution in [0.3, 0.4) is 0 Å². The lowest BCUT2D eigenvalue weighted by Gasteiger charge is -2.10. The molecule has 1 heterocycles. The Kier molecular flexibility index (Phi) is 2.94. The molecule has 16 heavy (non-hydrogen) atoms. The first kappa shape index (κ1) is 11.1. The number of nitrogens with zero attached hydrogens (tertiary/aromatic N) is 2. The van der Waals surface area contributed by atoms with Gasteiger partial charge in [-0.1, -0.05) is 17.7 Å². The van der Waals surface area contributed by atoms with Gasteiger partial charge in [0.1, 0.15) is 5.82 Å². The third-order valence-corrected chi connectivity index (χ3v) is 2.69. The summed E-state index contributed by atoms with van der Waals surface area (Å²) in [5.41, 5.74) is 7.50. The highest BCUT2D eigenvalue weighted by Crippen LogP contribution is 2.23. The van der Waals surface area contributed by atoms with E-state index < -0.39 is 5.82 Å². The lowest BCUT2D eigenvalue weighted by atomic mass is 10.0. The fraction of sp³-hybridized carbons (Fsp3) is 0.182. The van der Waals surface area contributed by atoms with E-state index in [4.69, 9.17) is 17.3 Å². The highest BCUT2D eigenvalue weighted by Gasteiger charge is 2.12. The number of halogens is 2. The molecule has 1 aromatic carbocycles. The van der Waals surface area contributed by atoms with E-state index in [1.165, 1.54) is 12.1 Å². The summed E-state index contributed by atoms with van der Waals surface area (Å²) in [5, 5.41) is 4.12. The van der Waals surface area contributed by atoms with Crippen LogP contribution < -0.4 is 5.73 Å². The molecule has 0 unspecified atom stereocenters. The molecule has 0 amide bonds. The second-order valence-corrected chi connectivity index (χ2v) is 4.01. The quantitative estimate of drug-likeness (QED) is 0.874. The zero-order valence-electron chi connectivity index (χ0n) is 8.69. The van der Waals surface area contributed by atoms with E-state index in [1.807, 2.05) is 0 Å². The smallest absolute Gasteiger partial charge is 0.142 e. The van der Waals surface area contributed by atoms with Gasteiger partial charge in [-0.25, -0.2) is 4.39 Å². The Morgan fingerprint density at radius 1 is 1.44 bits per heavy atom. The van der Waals surface area contributed by atoms with Crippen molar-refractivity contribution in [3.63, 3.8) is 0 Å². The van der Waals surface area contributed by atoms with Crippen LogP contribution in [0.15, 0.2) is 30.6 Å². The fourth-order valence-corrected chi connectivity index (χ4v) is 1.62. The molecule has 5 heteroatoms. The van der Waals surface area contributed by atoms with Crippen molar-refractivity contribution in [2.45, 2.75) is 6.04 Å². The standard InChI is InChI=1S/C11H11ClFN3/c1-16-6-8(5-15-16)11(14)7-2-3-9(12)10(13)4-7/h2-6,11H,14H2,1H3/t11-/m1/s1. The Morgan fingerprint density at radius 2 is 2.19 bits per heavy atom. The fourth-order valence-electron chi connectivity index (χ4n) is 1.50. The number of aromatic nitrogens is 2. The second kappa shape index (κ2) is 4.23. The molecule has 0 saturated carbocycles. The highest BCUT2D eigenvalue weighted by molar-refractivity contribution is 6.30. The van der Waals surface area contributed by atoms with Gasteiger partial charge in [-0.2, -0.15) is 5.10 Å². The van der Waals surface area contributed by atoms with E-state index in [0.717, 1.165) is 5.56 Å². The van der Waals surface area contributed by atoms with Gasteiger partial charge in [-0.15, -0.1) is 0 Å². The lowest BCUT2D eigenvalue weighted by molar-refractivity contribution is 0.624. The van der Waals surface area contributed by atoms with Gasteiger partial charge in [0, 0.05) is 18.8 Å². The predicted octanol–water partition coefficient (Wildman–Crippen LogP) is 2.26. The van der Waals surface area contributed by atoms with Crippen molar-refractivity contribution in [1.82, 2.24) is 9.78 Å². The Labute approximate surface area is 97.6 Å². The van der Waals surface area contributed by atoms with Crippen molar-refractivity contribution in [2.75, 3.05) is 0 Å². The molecule has 2 rings (SSSR count). The van der Waals surface area contributed by atoms with E-state index in [9.17, 15) is 4.39 Å². The minimum Gasteiger partial charge on any atom is -0.320 e. The molecule has 0 radical (unpaired) electrons. The molecule has 3 nitrogen and oxygen atoms in total. The topological polar surface area (TPSA) is 43.8 Å². The van der Waals surface area contributed by atoms with Crippen LogP contribution in [0.1, 0.15) is 17.2 Å². The molecular formula is C11H11ClFN3. The van der Waals surface area contributed by atoms with Gasteiger partial charge in [0.05, 0.1) is 17.3 Å². The molecule has 0 saturated heterocycles. The van der Waals surface area contributed by atoms with Gasteiger partial charge in [-0.05, 0) is 17.7 Å². The van der Waals surface area contributed by atoms with Gasteiger partial charge >= 0.3 is 0 Å². The molecule has 2 N–H and O–H groups in total. The van der Waals surface area contributed by atoms with Crippen molar-refractivity contribution >= 4 is 11.6 Å². The maximum Gasteiger partial charge on any atom is 0.142 e. The molecule has 0 fully saturated rings. The van der Waals surface area contributed by atoms with Crippen LogP contribution in [0, 0.1) is 5.82 Å². The zero-order valence-corrected chi connectivity index (χ0v) is 9.45.